The fourth-order valence-corrected chi connectivity index (χ4v) is 4.28. The first-order valence-electron chi connectivity index (χ1n) is 10.4. The Kier molecular flexibility index (Phi) is 6.25. The lowest BCUT2D eigenvalue weighted by atomic mass is 9.94. The lowest BCUT2D eigenvalue weighted by Gasteiger charge is -2.23. The van der Waals surface area contributed by atoms with Gasteiger partial charge in [0.05, 0.1) is 0 Å². The van der Waals surface area contributed by atoms with Crippen LogP contribution in [0.2, 0.25) is 0 Å². The van der Waals surface area contributed by atoms with Gasteiger partial charge in [-0.2, -0.15) is 10.5 Å². The molecule has 0 saturated heterocycles. The normalized spacial score (nSPS) is 11.8. The van der Waals surface area contributed by atoms with E-state index < -0.39 is 0 Å². The van der Waals surface area contributed by atoms with E-state index in [1.54, 1.807) is 6.08 Å². The van der Waals surface area contributed by atoms with Gasteiger partial charge >= 0.3 is 0 Å². The van der Waals surface area contributed by atoms with Gasteiger partial charge in [-0.05, 0) is 80.3 Å². The van der Waals surface area contributed by atoms with Crippen LogP contribution in [-0.2, 0) is 0 Å². The Labute approximate surface area is 174 Å². The van der Waals surface area contributed by atoms with Gasteiger partial charge in [-0.1, -0.05) is 12.1 Å². The van der Waals surface area contributed by atoms with Gasteiger partial charge in [0.25, 0.3) is 0 Å². The number of allylic oxidation sites excluding steroid dienone is 2. The molecule has 1 aliphatic carbocycles. The average molecular weight is 385 g/mol. The van der Waals surface area contributed by atoms with Crippen LogP contribution in [0.1, 0.15) is 44.7 Å². The van der Waals surface area contributed by atoms with Gasteiger partial charge in [0.1, 0.15) is 17.7 Å². The maximum Gasteiger partial charge on any atom is 0.126 e. The van der Waals surface area contributed by atoms with Crippen LogP contribution in [0.15, 0.2) is 48.0 Å². The molecule has 0 aromatic heterocycles. The minimum atomic E-state index is -0.0641. The minimum Gasteiger partial charge on any atom is -0.372 e. The summed E-state index contributed by atoms with van der Waals surface area (Å²) in [5.74, 6) is -0.0641. The Bertz CT molecular complexity index is 921. The molecular weight excluding hydrogens is 356 g/mol. The van der Waals surface area contributed by atoms with Crippen molar-refractivity contribution in [3.63, 3.8) is 0 Å². The highest BCUT2D eigenvalue weighted by molar-refractivity contribution is 5.85. The standard InChI is InChI=1S/C25H28N4/c1-5-28(6-2)19-9-11-21-23(13-18(16-26)17-27)22-12-10-20(29(7-3)8-4)15-25(22)24(21)14-19/h9-15,23H,5-8H2,1-4H3. The second kappa shape index (κ2) is 8.84. The maximum atomic E-state index is 9.29. The molecule has 0 amide bonds. The Morgan fingerprint density at radius 2 is 1.21 bits per heavy atom. The molecule has 2 aromatic rings. The van der Waals surface area contributed by atoms with Crippen molar-refractivity contribution in [3.05, 3.63) is 59.2 Å². The van der Waals surface area contributed by atoms with E-state index in [2.05, 4.69) is 73.9 Å². The third-order valence-electron chi connectivity index (χ3n) is 5.87. The Morgan fingerprint density at radius 3 is 1.55 bits per heavy atom. The smallest absolute Gasteiger partial charge is 0.126 e. The third-order valence-corrected chi connectivity index (χ3v) is 5.87. The SMILES string of the molecule is CCN(CC)c1ccc2c(c1)-c1cc(N(CC)CC)ccc1C2C=C(C#N)C#N. The van der Waals surface area contributed by atoms with Crippen LogP contribution in [-0.4, -0.2) is 26.2 Å². The van der Waals surface area contributed by atoms with Crippen molar-refractivity contribution in [3.8, 4) is 23.3 Å². The molecule has 3 rings (SSSR count). The van der Waals surface area contributed by atoms with E-state index in [1.807, 2.05) is 12.1 Å². The van der Waals surface area contributed by atoms with Crippen molar-refractivity contribution in [2.24, 2.45) is 0 Å². The molecule has 1 aliphatic rings. The molecular formula is C25H28N4. The molecule has 148 valence electrons. The molecule has 29 heavy (non-hydrogen) atoms. The molecule has 0 unspecified atom stereocenters. The molecule has 0 bridgehead atoms. The number of nitrogens with zero attached hydrogens (tertiary/aromatic N) is 4. The topological polar surface area (TPSA) is 54.1 Å². The molecule has 2 aromatic carbocycles. The summed E-state index contributed by atoms with van der Waals surface area (Å²) < 4.78 is 0. The lowest BCUT2D eigenvalue weighted by molar-refractivity contribution is 0.866. The molecule has 0 radical (unpaired) electrons. The highest BCUT2D eigenvalue weighted by atomic mass is 15.1. The highest BCUT2D eigenvalue weighted by Crippen LogP contribution is 2.48. The van der Waals surface area contributed by atoms with Crippen molar-refractivity contribution in [2.45, 2.75) is 33.6 Å². The van der Waals surface area contributed by atoms with Crippen LogP contribution >= 0.6 is 0 Å². The van der Waals surface area contributed by atoms with Gasteiger partial charge in [-0.3, -0.25) is 0 Å². The average Bonchev–Trinajstić information content (AvgIpc) is 3.06. The van der Waals surface area contributed by atoms with Gasteiger partial charge in [-0.15, -0.1) is 0 Å². The summed E-state index contributed by atoms with van der Waals surface area (Å²) in [5.41, 5.74) is 7.31. The lowest BCUT2D eigenvalue weighted by Crippen LogP contribution is -2.22. The van der Waals surface area contributed by atoms with Crippen molar-refractivity contribution in [2.75, 3.05) is 36.0 Å². The van der Waals surface area contributed by atoms with E-state index in [9.17, 15) is 10.5 Å². The first-order valence-corrected chi connectivity index (χ1v) is 10.4. The number of hydrogen-bond acceptors (Lipinski definition) is 4. The predicted molar refractivity (Wildman–Crippen MR) is 120 cm³/mol. The van der Waals surface area contributed by atoms with Gasteiger partial charge in [0, 0.05) is 43.5 Å². The number of nitriles is 2. The van der Waals surface area contributed by atoms with E-state index in [0.29, 0.717) is 0 Å². The Hall–Kier alpha value is -3.24. The largest absolute Gasteiger partial charge is 0.372 e. The summed E-state index contributed by atoms with van der Waals surface area (Å²) in [7, 11) is 0. The summed E-state index contributed by atoms with van der Waals surface area (Å²) in [6.07, 6.45) is 1.80. The van der Waals surface area contributed by atoms with Crippen molar-refractivity contribution in [1.29, 1.82) is 10.5 Å². The van der Waals surface area contributed by atoms with Gasteiger partial charge < -0.3 is 9.80 Å². The van der Waals surface area contributed by atoms with Gasteiger partial charge in [0.2, 0.25) is 0 Å². The molecule has 0 atom stereocenters. The zero-order valence-electron chi connectivity index (χ0n) is 17.7. The zero-order chi connectivity index (χ0) is 21.0. The summed E-state index contributed by atoms with van der Waals surface area (Å²) in [5, 5.41) is 18.6. The maximum absolute atomic E-state index is 9.29. The summed E-state index contributed by atoms with van der Waals surface area (Å²) in [6, 6.07) is 17.2. The Balaban J connectivity index is 2.21. The molecule has 0 fully saturated rings. The number of fused-ring (bicyclic) bond motifs is 3. The second-order valence-corrected chi connectivity index (χ2v) is 7.17. The fourth-order valence-electron chi connectivity index (χ4n) is 4.28. The van der Waals surface area contributed by atoms with Gasteiger partial charge in [0.15, 0.2) is 0 Å². The van der Waals surface area contributed by atoms with Crippen molar-refractivity contribution >= 4 is 11.4 Å². The second-order valence-electron chi connectivity index (χ2n) is 7.17. The van der Waals surface area contributed by atoms with E-state index in [4.69, 9.17) is 0 Å². The summed E-state index contributed by atoms with van der Waals surface area (Å²) in [4.78, 5) is 4.68. The highest BCUT2D eigenvalue weighted by Gasteiger charge is 2.29. The van der Waals surface area contributed by atoms with Crippen LogP contribution in [0.4, 0.5) is 11.4 Å². The first-order chi connectivity index (χ1) is 14.1. The molecule has 0 heterocycles. The predicted octanol–water partition coefficient (Wildman–Crippen LogP) is 5.46. The number of benzene rings is 2. The zero-order valence-corrected chi connectivity index (χ0v) is 17.7. The summed E-state index contributed by atoms with van der Waals surface area (Å²) in [6.45, 7) is 12.5. The van der Waals surface area contributed by atoms with Crippen molar-refractivity contribution in [1.82, 2.24) is 0 Å². The Morgan fingerprint density at radius 1 is 0.793 bits per heavy atom. The number of anilines is 2. The molecule has 4 nitrogen and oxygen atoms in total. The minimum absolute atomic E-state index is 0.0641. The molecule has 0 aliphatic heterocycles. The number of hydrogen-bond donors (Lipinski definition) is 0. The molecule has 0 spiro atoms. The third kappa shape index (κ3) is 3.71. The first kappa shape index (κ1) is 20.5. The quantitative estimate of drug-likeness (QED) is 0.594. The van der Waals surface area contributed by atoms with Crippen LogP contribution in [0.25, 0.3) is 11.1 Å². The van der Waals surface area contributed by atoms with Crippen molar-refractivity contribution < 1.29 is 0 Å². The van der Waals surface area contributed by atoms with E-state index in [-0.39, 0.29) is 11.5 Å². The van der Waals surface area contributed by atoms with Crippen LogP contribution < -0.4 is 9.80 Å². The van der Waals surface area contributed by atoms with Crippen LogP contribution in [0.3, 0.4) is 0 Å². The van der Waals surface area contributed by atoms with E-state index in [1.165, 1.54) is 22.5 Å². The van der Waals surface area contributed by atoms with E-state index >= 15 is 0 Å². The molecule has 4 heteroatoms. The van der Waals surface area contributed by atoms with E-state index in [0.717, 1.165) is 37.3 Å². The molecule has 0 N–H and O–H groups in total. The molecule has 0 saturated carbocycles. The fraction of sp³-hybridized carbons (Fsp3) is 0.360. The van der Waals surface area contributed by atoms with Gasteiger partial charge in [-0.25, -0.2) is 0 Å². The summed E-state index contributed by atoms with van der Waals surface area (Å²) >= 11 is 0. The van der Waals surface area contributed by atoms with Crippen LogP contribution in [0.5, 0.6) is 0 Å². The monoisotopic (exact) mass is 384 g/mol. The van der Waals surface area contributed by atoms with Crippen LogP contribution in [0, 0.1) is 22.7 Å². The number of rotatable bonds is 7.